The highest BCUT2D eigenvalue weighted by Gasteiger charge is 2.46. The average molecular weight is 298 g/mol. The largest absolute Gasteiger partial charge is 0.234 e. The number of carbonyl (C=O) groups excluding carboxylic acids is 4. The van der Waals surface area contributed by atoms with E-state index in [2.05, 4.69) is 0 Å². The molecule has 0 amide bonds. The SMILES string of the molecule is CC1=C(C)C(=C=O)P(=C=O)(C2C=CC=CC2=C=O)C1=C=O. The Morgan fingerprint density at radius 1 is 0.905 bits per heavy atom. The molecule has 0 aromatic heterocycles. The van der Waals surface area contributed by atoms with Gasteiger partial charge in [-0.05, 0) is 31.1 Å². The van der Waals surface area contributed by atoms with Gasteiger partial charge in [-0.3, -0.25) is 0 Å². The van der Waals surface area contributed by atoms with Crippen LogP contribution in [0.15, 0.2) is 51.7 Å². The topological polar surface area (TPSA) is 68.3 Å². The third-order valence-corrected chi connectivity index (χ3v) is 7.69. The molecule has 1 heterocycles. The fourth-order valence-corrected chi connectivity index (χ4v) is 6.35. The standard InChI is InChI=1S/C16H11O4P/c1-11-12(2)16(9-19)21(10-20,15(11)8-18)14-6-4-3-5-13(14)7-17/h3-6,14H,1-2H3. The van der Waals surface area contributed by atoms with Crippen LogP contribution in [0.2, 0.25) is 0 Å². The van der Waals surface area contributed by atoms with Gasteiger partial charge in [-0.15, -0.1) is 0 Å². The van der Waals surface area contributed by atoms with Crippen molar-refractivity contribution < 1.29 is 19.2 Å². The number of hydrogen-bond donors (Lipinski definition) is 0. The maximum absolute atomic E-state index is 11.8. The van der Waals surface area contributed by atoms with Gasteiger partial charge in [0.2, 0.25) is 0 Å². The summed E-state index contributed by atoms with van der Waals surface area (Å²) in [5.74, 6) is 5.36. The third kappa shape index (κ3) is 1.88. The summed E-state index contributed by atoms with van der Waals surface area (Å²) in [5.41, 5.74) is 2.49. The van der Waals surface area contributed by atoms with Crippen LogP contribution in [0.5, 0.6) is 0 Å². The van der Waals surface area contributed by atoms with Gasteiger partial charge in [0.15, 0.2) is 0 Å². The molecule has 0 aromatic carbocycles. The molecular weight excluding hydrogens is 287 g/mol. The Labute approximate surface area is 121 Å². The molecule has 1 unspecified atom stereocenters. The van der Waals surface area contributed by atoms with Gasteiger partial charge in [0, 0.05) is 5.57 Å². The second-order valence-electron chi connectivity index (χ2n) is 4.71. The number of allylic oxidation sites excluding steroid dienone is 9. The summed E-state index contributed by atoms with van der Waals surface area (Å²) in [4.78, 5) is 45.8. The van der Waals surface area contributed by atoms with E-state index in [1.54, 1.807) is 49.9 Å². The monoisotopic (exact) mass is 298 g/mol. The van der Waals surface area contributed by atoms with E-state index in [-0.39, 0.29) is 16.2 Å². The molecule has 5 heteroatoms. The van der Waals surface area contributed by atoms with Crippen molar-refractivity contribution >= 4 is 30.4 Å². The maximum Gasteiger partial charge on any atom is 0.134 e. The summed E-state index contributed by atoms with van der Waals surface area (Å²) in [6.07, 6.45) is 6.44. The first-order chi connectivity index (χ1) is 10.1. The smallest absolute Gasteiger partial charge is 0.134 e. The fraction of sp³-hybridized carbons (Fsp3) is 0.188. The Bertz CT molecular complexity index is 805. The molecule has 2 rings (SSSR count). The van der Waals surface area contributed by atoms with Gasteiger partial charge >= 0.3 is 0 Å². The van der Waals surface area contributed by atoms with E-state index >= 15 is 0 Å². The minimum atomic E-state index is -3.14. The van der Waals surface area contributed by atoms with Gasteiger partial charge in [0.25, 0.3) is 0 Å². The Hall–Kier alpha value is -2.42. The van der Waals surface area contributed by atoms with Gasteiger partial charge in [-0.1, -0.05) is 18.2 Å². The summed E-state index contributed by atoms with van der Waals surface area (Å²) in [7, 11) is 0. The normalized spacial score (nSPS) is 27.3. The lowest BCUT2D eigenvalue weighted by Gasteiger charge is -2.26. The molecule has 0 fully saturated rings. The minimum Gasteiger partial charge on any atom is -0.234 e. The van der Waals surface area contributed by atoms with Crippen LogP contribution >= 0.6 is 6.89 Å². The van der Waals surface area contributed by atoms with Crippen LogP contribution in [0.3, 0.4) is 0 Å². The zero-order valence-corrected chi connectivity index (χ0v) is 12.4. The van der Waals surface area contributed by atoms with Crippen LogP contribution in [-0.4, -0.2) is 29.1 Å². The predicted molar refractivity (Wildman–Crippen MR) is 80.7 cm³/mol. The lowest BCUT2D eigenvalue weighted by Crippen LogP contribution is -2.13. The molecule has 21 heavy (non-hydrogen) atoms. The highest BCUT2D eigenvalue weighted by molar-refractivity contribution is 7.84. The van der Waals surface area contributed by atoms with E-state index in [1.807, 2.05) is 5.66 Å². The molecule has 4 nitrogen and oxygen atoms in total. The van der Waals surface area contributed by atoms with Gasteiger partial charge in [0.05, 0.1) is 23.2 Å². The Kier molecular flexibility index (Phi) is 3.94. The zero-order chi connectivity index (χ0) is 15.6. The average Bonchev–Trinajstić information content (AvgIpc) is 2.74. The molecule has 0 radical (unpaired) electrons. The highest BCUT2D eigenvalue weighted by atomic mass is 31.2. The highest BCUT2D eigenvalue weighted by Crippen LogP contribution is 2.73. The van der Waals surface area contributed by atoms with Crippen LogP contribution < -0.4 is 0 Å². The molecule has 0 N–H and O–H groups in total. The predicted octanol–water partition coefficient (Wildman–Crippen LogP) is 2.10. The van der Waals surface area contributed by atoms with Crippen molar-refractivity contribution in [2.75, 3.05) is 0 Å². The van der Waals surface area contributed by atoms with E-state index in [0.717, 1.165) is 0 Å². The zero-order valence-electron chi connectivity index (χ0n) is 11.5. The van der Waals surface area contributed by atoms with Crippen molar-refractivity contribution in [3.63, 3.8) is 0 Å². The van der Waals surface area contributed by atoms with Gasteiger partial charge < -0.3 is 0 Å². The van der Waals surface area contributed by atoms with Gasteiger partial charge in [0.1, 0.15) is 23.5 Å². The van der Waals surface area contributed by atoms with Crippen LogP contribution in [0.4, 0.5) is 0 Å². The number of hydrogen-bond acceptors (Lipinski definition) is 4. The second-order valence-corrected chi connectivity index (χ2v) is 7.79. The molecule has 0 aromatic rings. The first-order valence-corrected chi connectivity index (χ1v) is 8.01. The molecule has 0 bridgehead atoms. The Balaban J connectivity index is 2.92. The van der Waals surface area contributed by atoms with Crippen molar-refractivity contribution in [2.24, 2.45) is 0 Å². The summed E-state index contributed by atoms with van der Waals surface area (Å²) in [5, 5.41) is 0.261. The van der Waals surface area contributed by atoms with Crippen molar-refractivity contribution in [1.82, 2.24) is 0 Å². The Morgan fingerprint density at radius 2 is 1.48 bits per heavy atom. The van der Waals surface area contributed by atoms with Gasteiger partial charge in [-0.25, -0.2) is 19.2 Å². The van der Waals surface area contributed by atoms with E-state index in [0.29, 0.717) is 11.1 Å². The summed E-state index contributed by atoms with van der Waals surface area (Å²) in [6.45, 7) is 0.163. The molecule has 0 spiro atoms. The van der Waals surface area contributed by atoms with E-state index in [9.17, 15) is 19.2 Å². The second kappa shape index (κ2) is 5.52. The summed E-state index contributed by atoms with van der Waals surface area (Å²) < 4.78 is 0. The quantitative estimate of drug-likeness (QED) is 0.549. The first-order valence-electron chi connectivity index (χ1n) is 6.16. The molecule has 2 aliphatic rings. The van der Waals surface area contributed by atoms with Crippen molar-refractivity contribution in [3.05, 3.63) is 51.7 Å². The van der Waals surface area contributed by atoms with Crippen LogP contribution in [0.1, 0.15) is 13.8 Å². The van der Waals surface area contributed by atoms with E-state index in [1.165, 1.54) is 6.08 Å². The van der Waals surface area contributed by atoms with Gasteiger partial charge in [-0.2, -0.15) is 0 Å². The van der Waals surface area contributed by atoms with Crippen molar-refractivity contribution in [1.29, 1.82) is 0 Å². The molecule has 0 saturated heterocycles. The summed E-state index contributed by atoms with van der Waals surface area (Å²) in [6, 6.07) is 0. The number of rotatable bonds is 1. The molecular formula is C16H11O4P. The molecule has 0 saturated carbocycles. The fourth-order valence-electron chi connectivity index (χ4n) is 2.68. The molecule has 1 aliphatic carbocycles. The maximum atomic E-state index is 11.8. The van der Waals surface area contributed by atoms with E-state index in [4.69, 9.17) is 0 Å². The van der Waals surface area contributed by atoms with Crippen LogP contribution in [-0.2, 0) is 19.2 Å². The first kappa shape index (κ1) is 15.0. The summed E-state index contributed by atoms with van der Waals surface area (Å²) >= 11 is 0. The van der Waals surface area contributed by atoms with Crippen LogP contribution in [0.25, 0.3) is 0 Å². The lowest BCUT2D eigenvalue weighted by atomic mass is 10.1. The van der Waals surface area contributed by atoms with E-state index < -0.39 is 12.5 Å². The van der Waals surface area contributed by atoms with Crippen molar-refractivity contribution in [2.45, 2.75) is 19.5 Å². The molecule has 104 valence electrons. The third-order valence-electron chi connectivity index (χ3n) is 3.85. The Morgan fingerprint density at radius 3 is 1.90 bits per heavy atom. The molecule has 1 aliphatic heterocycles. The van der Waals surface area contributed by atoms with Crippen molar-refractivity contribution in [3.8, 4) is 0 Å². The molecule has 1 atom stereocenters. The lowest BCUT2D eigenvalue weighted by molar-refractivity contribution is 0.566. The minimum absolute atomic E-state index is 0.131. The van der Waals surface area contributed by atoms with Crippen LogP contribution in [0, 0.1) is 0 Å².